The van der Waals surface area contributed by atoms with Crippen LogP contribution in [0, 0.1) is 0 Å². The number of hydrogen-bond donors (Lipinski definition) is 4. The second-order valence-corrected chi connectivity index (χ2v) is 5.21. The van der Waals surface area contributed by atoms with E-state index in [0.717, 1.165) is 5.56 Å². The first-order valence-corrected chi connectivity index (χ1v) is 7.56. The zero-order valence-electron chi connectivity index (χ0n) is 13.0. The topological polar surface area (TPSA) is 112 Å². The number of furan rings is 1. The molecule has 128 valence electrons. The van der Waals surface area contributed by atoms with Crippen molar-refractivity contribution in [1.82, 2.24) is 10.6 Å². The largest absolute Gasteiger partial charge is 0.467 e. The summed E-state index contributed by atoms with van der Waals surface area (Å²) in [6, 6.07) is 12.8. The lowest BCUT2D eigenvalue weighted by atomic mass is 10.1. The Morgan fingerprint density at radius 2 is 1.62 bits per heavy atom. The Labute approximate surface area is 139 Å². The van der Waals surface area contributed by atoms with Gasteiger partial charge in [0.05, 0.1) is 12.8 Å². The molecule has 0 fully saturated rings. The molecule has 24 heavy (non-hydrogen) atoms. The van der Waals surface area contributed by atoms with Gasteiger partial charge in [0.15, 0.2) is 12.2 Å². The average Bonchev–Trinajstić information content (AvgIpc) is 3.12. The van der Waals surface area contributed by atoms with Crippen LogP contribution in [0.15, 0.2) is 53.1 Å². The minimum absolute atomic E-state index is 0.0608. The molecule has 2 aromatic rings. The van der Waals surface area contributed by atoms with Gasteiger partial charge in [-0.05, 0) is 24.1 Å². The van der Waals surface area contributed by atoms with E-state index in [-0.39, 0.29) is 6.54 Å². The summed E-state index contributed by atoms with van der Waals surface area (Å²) in [6.45, 7) is 0.353. The van der Waals surface area contributed by atoms with Gasteiger partial charge in [0.1, 0.15) is 5.76 Å². The molecule has 7 nitrogen and oxygen atoms in total. The molecule has 0 radical (unpaired) electrons. The Kier molecular flexibility index (Phi) is 6.53. The Bertz CT molecular complexity index is 642. The second kappa shape index (κ2) is 8.85. The van der Waals surface area contributed by atoms with Crippen molar-refractivity contribution in [3.8, 4) is 0 Å². The zero-order chi connectivity index (χ0) is 17.4. The average molecular weight is 332 g/mol. The van der Waals surface area contributed by atoms with E-state index < -0.39 is 24.0 Å². The number of nitrogens with one attached hydrogen (secondary N) is 2. The van der Waals surface area contributed by atoms with Gasteiger partial charge in [-0.2, -0.15) is 0 Å². The summed E-state index contributed by atoms with van der Waals surface area (Å²) >= 11 is 0. The van der Waals surface area contributed by atoms with Crippen LogP contribution in [0.2, 0.25) is 0 Å². The Morgan fingerprint density at radius 1 is 0.958 bits per heavy atom. The van der Waals surface area contributed by atoms with Gasteiger partial charge in [0.2, 0.25) is 0 Å². The van der Waals surface area contributed by atoms with Crippen LogP contribution in [-0.2, 0) is 22.6 Å². The van der Waals surface area contributed by atoms with E-state index in [2.05, 4.69) is 10.6 Å². The van der Waals surface area contributed by atoms with Crippen LogP contribution >= 0.6 is 0 Å². The first-order chi connectivity index (χ1) is 11.6. The van der Waals surface area contributed by atoms with Crippen LogP contribution < -0.4 is 10.6 Å². The molecule has 1 heterocycles. The van der Waals surface area contributed by atoms with Gasteiger partial charge >= 0.3 is 0 Å². The number of aliphatic hydroxyl groups excluding tert-OH is 2. The number of hydrogen-bond acceptors (Lipinski definition) is 5. The molecule has 2 amide bonds. The fraction of sp³-hybridized carbons (Fsp3) is 0.294. The van der Waals surface area contributed by atoms with Crippen LogP contribution in [-0.4, -0.2) is 40.8 Å². The third-order valence-corrected chi connectivity index (χ3v) is 3.41. The molecule has 0 saturated heterocycles. The molecule has 0 saturated carbocycles. The van der Waals surface area contributed by atoms with Gasteiger partial charge < -0.3 is 25.3 Å². The third kappa shape index (κ3) is 5.22. The summed E-state index contributed by atoms with van der Waals surface area (Å²) in [5.41, 5.74) is 1.03. The molecular formula is C17H20N2O5. The number of amides is 2. The SMILES string of the molecule is O=C(NCCc1ccccc1)[C@H](O)[C@@H](O)C(=O)NCc1ccco1. The summed E-state index contributed by atoms with van der Waals surface area (Å²) in [7, 11) is 0. The fourth-order valence-electron chi connectivity index (χ4n) is 2.06. The lowest BCUT2D eigenvalue weighted by Crippen LogP contribution is -2.49. The lowest BCUT2D eigenvalue weighted by molar-refractivity contribution is -0.146. The molecule has 2 atom stereocenters. The van der Waals surface area contributed by atoms with Crippen molar-refractivity contribution in [2.24, 2.45) is 0 Å². The van der Waals surface area contributed by atoms with Gasteiger partial charge in [-0.3, -0.25) is 9.59 Å². The van der Waals surface area contributed by atoms with Gasteiger partial charge in [0.25, 0.3) is 11.8 Å². The van der Waals surface area contributed by atoms with Gasteiger partial charge in [0, 0.05) is 6.54 Å². The van der Waals surface area contributed by atoms with Crippen molar-refractivity contribution in [2.75, 3.05) is 6.54 Å². The molecule has 0 unspecified atom stereocenters. The summed E-state index contributed by atoms with van der Waals surface area (Å²) in [4.78, 5) is 23.5. The Hall–Kier alpha value is -2.64. The molecule has 0 spiro atoms. The lowest BCUT2D eigenvalue weighted by Gasteiger charge is -2.17. The summed E-state index contributed by atoms with van der Waals surface area (Å²) < 4.78 is 5.03. The van der Waals surface area contributed by atoms with E-state index in [1.165, 1.54) is 6.26 Å². The summed E-state index contributed by atoms with van der Waals surface area (Å²) in [5.74, 6) is -1.15. The normalized spacial score (nSPS) is 13.1. The van der Waals surface area contributed by atoms with E-state index in [1.807, 2.05) is 30.3 Å². The van der Waals surface area contributed by atoms with Crippen LogP contribution in [0.1, 0.15) is 11.3 Å². The number of aliphatic hydroxyl groups is 2. The highest BCUT2D eigenvalue weighted by molar-refractivity contribution is 5.90. The first kappa shape index (κ1) is 17.7. The predicted molar refractivity (Wildman–Crippen MR) is 85.7 cm³/mol. The van der Waals surface area contributed by atoms with Gasteiger partial charge in [-0.1, -0.05) is 30.3 Å². The maximum absolute atomic E-state index is 11.8. The van der Waals surface area contributed by atoms with Crippen molar-refractivity contribution >= 4 is 11.8 Å². The zero-order valence-corrected chi connectivity index (χ0v) is 13.0. The van der Waals surface area contributed by atoms with Crippen LogP contribution in [0.5, 0.6) is 0 Å². The molecule has 0 aliphatic rings. The highest BCUT2D eigenvalue weighted by atomic mass is 16.3. The number of carbonyl (C=O) groups excluding carboxylic acids is 2. The maximum Gasteiger partial charge on any atom is 0.252 e. The van der Waals surface area contributed by atoms with E-state index in [9.17, 15) is 19.8 Å². The molecule has 1 aromatic carbocycles. The molecule has 0 aliphatic heterocycles. The van der Waals surface area contributed by atoms with Crippen molar-refractivity contribution in [3.63, 3.8) is 0 Å². The molecule has 0 bridgehead atoms. The summed E-state index contributed by atoms with van der Waals surface area (Å²) in [5, 5.41) is 24.4. The Morgan fingerprint density at radius 3 is 2.25 bits per heavy atom. The monoisotopic (exact) mass is 332 g/mol. The second-order valence-electron chi connectivity index (χ2n) is 5.21. The minimum Gasteiger partial charge on any atom is -0.467 e. The van der Waals surface area contributed by atoms with Gasteiger partial charge in [-0.25, -0.2) is 0 Å². The Balaban J connectivity index is 1.73. The maximum atomic E-state index is 11.8. The summed E-state index contributed by atoms with van der Waals surface area (Å²) in [6.07, 6.45) is -1.65. The molecule has 4 N–H and O–H groups in total. The van der Waals surface area contributed by atoms with Gasteiger partial charge in [-0.15, -0.1) is 0 Å². The van der Waals surface area contributed by atoms with Crippen molar-refractivity contribution < 1.29 is 24.2 Å². The smallest absolute Gasteiger partial charge is 0.252 e. The van der Waals surface area contributed by atoms with E-state index in [1.54, 1.807) is 12.1 Å². The quantitative estimate of drug-likeness (QED) is 0.543. The fourth-order valence-corrected chi connectivity index (χ4v) is 2.06. The van der Waals surface area contributed by atoms with Crippen molar-refractivity contribution in [3.05, 3.63) is 60.1 Å². The van der Waals surface area contributed by atoms with E-state index in [0.29, 0.717) is 18.7 Å². The molecule has 0 aliphatic carbocycles. The number of benzene rings is 1. The molecule has 1 aromatic heterocycles. The van der Waals surface area contributed by atoms with Crippen LogP contribution in [0.25, 0.3) is 0 Å². The highest BCUT2D eigenvalue weighted by Crippen LogP contribution is 2.01. The van der Waals surface area contributed by atoms with Crippen LogP contribution in [0.3, 0.4) is 0 Å². The first-order valence-electron chi connectivity index (χ1n) is 7.56. The van der Waals surface area contributed by atoms with Crippen molar-refractivity contribution in [2.45, 2.75) is 25.2 Å². The molecule has 7 heteroatoms. The van der Waals surface area contributed by atoms with Crippen molar-refractivity contribution in [1.29, 1.82) is 0 Å². The number of rotatable bonds is 8. The molecule has 2 rings (SSSR count). The van der Waals surface area contributed by atoms with Crippen LogP contribution in [0.4, 0.5) is 0 Å². The van der Waals surface area contributed by atoms with E-state index >= 15 is 0 Å². The standard InChI is InChI=1S/C17H20N2O5/c20-14(15(21)17(23)19-11-13-7-4-10-24-13)16(22)18-9-8-12-5-2-1-3-6-12/h1-7,10,14-15,20-21H,8-9,11H2,(H,18,22)(H,19,23)/t14-,15-/m1/s1. The minimum atomic E-state index is -1.85. The molecular weight excluding hydrogens is 312 g/mol. The highest BCUT2D eigenvalue weighted by Gasteiger charge is 2.29. The third-order valence-electron chi connectivity index (χ3n) is 3.41. The predicted octanol–water partition coefficient (Wildman–Crippen LogP) is -0.0235. The number of carbonyl (C=O) groups is 2. The van der Waals surface area contributed by atoms with E-state index in [4.69, 9.17) is 4.42 Å².